The van der Waals surface area contributed by atoms with Gasteiger partial charge in [-0.25, -0.2) is 9.67 Å². The lowest BCUT2D eigenvalue weighted by atomic mass is 10.1. The van der Waals surface area contributed by atoms with Crippen LogP contribution in [0.3, 0.4) is 0 Å². The first kappa shape index (κ1) is 12.1. The highest BCUT2D eigenvalue weighted by molar-refractivity contribution is 5.70. The molecule has 0 amide bonds. The Bertz CT molecular complexity index is 481. The van der Waals surface area contributed by atoms with Crippen LogP contribution in [0.15, 0.2) is 6.20 Å². The summed E-state index contributed by atoms with van der Waals surface area (Å²) in [6.07, 6.45) is 4.25. The molecule has 0 saturated heterocycles. The molecule has 4 heteroatoms. The van der Waals surface area contributed by atoms with Gasteiger partial charge in [-0.05, 0) is 12.3 Å². The van der Waals surface area contributed by atoms with E-state index in [0.29, 0.717) is 11.8 Å². The van der Waals surface area contributed by atoms with E-state index in [-0.39, 0.29) is 0 Å². The van der Waals surface area contributed by atoms with Gasteiger partial charge >= 0.3 is 0 Å². The van der Waals surface area contributed by atoms with Crippen LogP contribution in [0.4, 0.5) is 0 Å². The van der Waals surface area contributed by atoms with Crippen LogP contribution >= 0.6 is 0 Å². The third-order valence-corrected chi connectivity index (χ3v) is 3.03. The summed E-state index contributed by atoms with van der Waals surface area (Å²) in [5.74, 6) is 2.18. The van der Waals surface area contributed by atoms with Crippen LogP contribution in [0, 0.1) is 5.92 Å². The Kier molecular flexibility index (Phi) is 3.50. The van der Waals surface area contributed by atoms with Crippen molar-refractivity contribution in [2.24, 2.45) is 5.92 Å². The second-order valence-electron chi connectivity index (χ2n) is 5.27. The van der Waals surface area contributed by atoms with Crippen LogP contribution < -0.4 is 0 Å². The first-order chi connectivity index (χ1) is 8.11. The summed E-state index contributed by atoms with van der Waals surface area (Å²) < 4.78 is 2.00. The highest BCUT2D eigenvalue weighted by Crippen LogP contribution is 2.21. The predicted octanol–water partition coefficient (Wildman–Crippen LogP) is 3.32. The molecular formula is C13H22N4. The zero-order valence-electron chi connectivity index (χ0n) is 11.2. The maximum atomic E-state index is 4.69. The summed E-state index contributed by atoms with van der Waals surface area (Å²) in [6.45, 7) is 9.75. The van der Waals surface area contributed by atoms with E-state index in [1.807, 2.05) is 10.9 Å². The van der Waals surface area contributed by atoms with Gasteiger partial charge in [0.1, 0.15) is 11.3 Å². The summed E-state index contributed by atoms with van der Waals surface area (Å²) >= 11 is 0. The van der Waals surface area contributed by atoms with Gasteiger partial charge in [-0.15, -0.1) is 0 Å². The van der Waals surface area contributed by atoms with Gasteiger partial charge in [0, 0.05) is 12.5 Å². The summed E-state index contributed by atoms with van der Waals surface area (Å²) in [5, 5.41) is 4.36. The fourth-order valence-electron chi connectivity index (χ4n) is 2.15. The van der Waals surface area contributed by atoms with Gasteiger partial charge < -0.3 is 4.98 Å². The molecule has 1 atom stereocenters. The zero-order chi connectivity index (χ0) is 12.4. The highest BCUT2D eigenvalue weighted by Gasteiger charge is 2.13. The molecular weight excluding hydrogens is 212 g/mol. The van der Waals surface area contributed by atoms with Crippen molar-refractivity contribution in [1.82, 2.24) is 19.7 Å². The van der Waals surface area contributed by atoms with Crippen LogP contribution in [0.5, 0.6) is 0 Å². The third kappa shape index (κ3) is 2.51. The summed E-state index contributed by atoms with van der Waals surface area (Å²) in [7, 11) is 0. The van der Waals surface area contributed by atoms with Gasteiger partial charge in [0.25, 0.3) is 0 Å². The molecule has 0 aliphatic carbocycles. The van der Waals surface area contributed by atoms with Crippen LogP contribution in [-0.2, 0) is 6.54 Å². The Morgan fingerprint density at radius 1 is 1.35 bits per heavy atom. The number of aromatic amines is 1. The molecule has 1 unspecified atom stereocenters. The van der Waals surface area contributed by atoms with Crippen molar-refractivity contribution in [1.29, 1.82) is 0 Å². The quantitative estimate of drug-likeness (QED) is 0.862. The normalized spacial score (nSPS) is 13.7. The second kappa shape index (κ2) is 4.90. The number of H-pyrrole nitrogens is 1. The first-order valence-electron chi connectivity index (χ1n) is 6.53. The molecule has 0 aliphatic heterocycles. The second-order valence-corrected chi connectivity index (χ2v) is 5.27. The van der Waals surface area contributed by atoms with Crippen molar-refractivity contribution >= 4 is 11.2 Å². The lowest BCUT2D eigenvalue weighted by Gasteiger charge is -2.06. The number of nitrogens with zero attached hydrogens (tertiary/aromatic N) is 3. The van der Waals surface area contributed by atoms with Gasteiger partial charge in [-0.1, -0.05) is 34.1 Å². The minimum atomic E-state index is 0.500. The molecule has 0 fully saturated rings. The van der Waals surface area contributed by atoms with Gasteiger partial charge in [-0.3, -0.25) is 0 Å². The Morgan fingerprint density at radius 2 is 2.12 bits per heavy atom. The van der Waals surface area contributed by atoms with E-state index >= 15 is 0 Å². The van der Waals surface area contributed by atoms with Crippen molar-refractivity contribution in [3.05, 3.63) is 12.0 Å². The van der Waals surface area contributed by atoms with Crippen LogP contribution in [0.25, 0.3) is 11.2 Å². The maximum absolute atomic E-state index is 4.69. The molecule has 0 spiro atoms. The first-order valence-corrected chi connectivity index (χ1v) is 6.53. The largest absolute Gasteiger partial charge is 0.339 e. The van der Waals surface area contributed by atoms with Crippen LogP contribution in [0.2, 0.25) is 0 Å². The smallest absolute Gasteiger partial charge is 0.176 e. The molecule has 2 aromatic rings. The van der Waals surface area contributed by atoms with Gasteiger partial charge in [0.05, 0.1) is 6.20 Å². The van der Waals surface area contributed by atoms with Gasteiger partial charge in [0.2, 0.25) is 0 Å². The monoisotopic (exact) mass is 234 g/mol. The number of nitrogens with one attached hydrogen (secondary N) is 1. The molecule has 0 bridgehead atoms. The molecule has 2 heterocycles. The fourth-order valence-corrected chi connectivity index (χ4v) is 2.15. The molecule has 0 aromatic carbocycles. The molecule has 4 nitrogen and oxygen atoms in total. The topological polar surface area (TPSA) is 46.5 Å². The number of fused-ring (bicyclic) bond motifs is 1. The van der Waals surface area contributed by atoms with E-state index in [1.165, 1.54) is 12.8 Å². The van der Waals surface area contributed by atoms with E-state index < -0.39 is 0 Å². The summed E-state index contributed by atoms with van der Waals surface area (Å²) in [5.41, 5.74) is 2.06. The fraction of sp³-hybridized carbons (Fsp3) is 0.692. The highest BCUT2D eigenvalue weighted by atomic mass is 15.3. The molecule has 0 radical (unpaired) electrons. The van der Waals surface area contributed by atoms with Crippen molar-refractivity contribution in [3.63, 3.8) is 0 Å². The molecule has 94 valence electrons. The lowest BCUT2D eigenvalue weighted by molar-refractivity contribution is 0.491. The van der Waals surface area contributed by atoms with E-state index in [1.54, 1.807) is 0 Å². The number of rotatable bonds is 5. The van der Waals surface area contributed by atoms with Crippen LogP contribution in [0.1, 0.15) is 52.3 Å². The molecule has 1 N–H and O–H groups in total. The molecule has 17 heavy (non-hydrogen) atoms. The third-order valence-electron chi connectivity index (χ3n) is 3.03. The van der Waals surface area contributed by atoms with Crippen molar-refractivity contribution in [3.8, 4) is 0 Å². The van der Waals surface area contributed by atoms with E-state index in [2.05, 4.69) is 42.8 Å². The molecule has 2 rings (SSSR count). The number of hydrogen-bond donors (Lipinski definition) is 1. The molecule has 2 aromatic heterocycles. The average molecular weight is 234 g/mol. The molecule has 0 saturated carbocycles. The number of aromatic nitrogens is 4. The Hall–Kier alpha value is -1.32. The van der Waals surface area contributed by atoms with Crippen molar-refractivity contribution in [2.75, 3.05) is 0 Å². The van der Waals surface area contributed by atoms with Gasteiger partial charge in [-0.2, -0.15) is 5.10 Å². The van der Waals surface area contributed by atoms with Crippen LogP contribution in [-0.4, -0.2) is 19.7 Å². The Labute approximate surface area is 102 Å². The predicted molar refractivity (Wildman–Crippen MR) is 70.0 cm³/mol. The summed E-state index contributed by atoms with van der Waals surface area (Å²) in [4.78, 5) is 8.07. The minimum absolute atomic E-state index is 0.500. The molecule has 0 aliphatic rings. The van der Waals surface area contributed by atoms with Gasteiger partial charge in [0.15, 0.2) is 5.65 Å². The summed E-state index contributed by atoms with van der Waals surface area (Å²) in [6, 6.07) is 0. The lowest BCUT2D eigenvalue weighted by Crippen LogP contribution is -2.06. The standard InChI is InChI=1S/C13H22N4/c1-5-6-10(4)12-15-11-7-14-17(8-9(2)3)13(11)16-12/h7,9-10H,5-6,8H2,1-4H3,(H,15,16). The van der Waals surface area contributed by atoms with E-state index in [9.17, 15) is 0 Å². The van der Waals surface area contributed by atoms with E-state index in [4.69, 9.17) is 0 Å². The van der Waals surface area contributed by atoms with Crippen molar-refractivity contribution < 1.29 is 0 Å². The maximum Gasteiger partial charge on any atom is 0.176 e. The SMILES string of the molecule is CCCC(C)c1nc2c(cnn2CC(C)C)[nH]1. The van der Waals surface area contributed by atoms with Crippen molar-refractivity contribution in [2.45, 2.75) is 53.0 Å². The Balaban J connectivity index is 2.28. The number of hydrogen-bond acceptors (Lipinski definition) is 2. The minimum Gasteiger partial charge on any atom is -0.339 e. The average Bonchev–Trinajstić information content (AvgIpc) is 2.80. The zero-order valence-corrected chi connectivity index (χ0v) is 11.2. The Morgan fingerprint density at radius 3 is 2.76 bits per heavy atom. The van der Waals surface area contributed by atoms with E-state index in [0.717, 1.165) is 23.5 Å². The number of imidazole rings is 1.